The Morgan fingerprint density at radius 3 is 2.67 bits per heavy atom. The molecule has 1 aliphatic carbocycles. The van der Waals surface area contributed by atoms with Crippen LogP contribution in [0.2, 0.25) is 0 Å². The first-order valence-electron chi connectivity index (χ1n) is 11.0. The molecule has 0 atom stereocenters. The van der Waals surface area contributed by atoms with Gasteiger partial charge in [-0.3, -0.25) is 14.4 Å². The number of piperazine rings is 1. The maximum Gasteiger partial charge on any atom is 0.276 e. The fourth-order valence-electron chi connectivity index (χ4n) is 4.69. The number of carbonyl (C=O) groups is 1. The molecule has 2 fully saturated rings. The van der Waals surface area contributed by atoms with Gasteiger partial charge in [-0.05, 0) is 36.5 Å². The summed E-state index contributed by atoms with van der Waals surface area (Å²) in [6.45, 7) is 5.12. The second-order valence-electron chi connectivity index (χ2n) is 8.59. The van der Waals surface area contributed by atoms with Crippen LogP contribution in [0.15, 0.2) is 24.4 Å². The summed E-state index contributed by atoms with van der Waals surface area (Å²) < 4.78 is 12.7. The Morgan fingerprint density at radius 2 is 1.83 bits per heavy atom. The van der Waals surface area contributed by atoms with E-state index in [9.17, 15) is 4.79 Å². The van der Waals surface area contributed by atoms with Gasteiger partial charge in [0.2, 0.25) is 6.79 Å². The molecule has 1 amide bonds. The van der Waals surface area contributed by atoms with Crippen molar-refractivity contribution in [3.63, 3.8) is 0 Å². The van der Waals surface area contributed by atoms with Crippen molar-refractivity contribution in [3.05, 3.63) is 35.7 Å². The Bertz CT molecular complexity index is 885. The van der Waals surface area contributed by atoms with Crippen molar-refractivity contribution in [1.29, 1.82) is 0 Å². The van der Waals surface area contributed by atoms with Gasteiger partial charge in [0, 0.05) is 39.3 Å². The van der Waals surface area contributed by atoms with E-state index in [1.807, 2.05) is 27.9 Å². The van der Waals surface area contributed by atoms with E-state index in [0.29, 0.717) is 31.5 Å². The second-order valence-corrected chi connectivity index (χ2v) is 8.59. The van der Waals surface area contributed by atoms with Crippen molar-refractivity contribution in [2.24, 2.45) is 5.92 Å². The Hall–Kier alpha value is -2.61. The van der Waals surface area contributed by atoms with Crippen LogP contribution in [0.25, 0.3) is 0 Å². The van der Waals surface area contributed by atoms with E-state index >= 15 is 0 Å². The number of carbonyl (C=O) groups excluding carboxylic acids is 1. The summed E-state index contributed by atoms with van der Waals surface area (Å²) in [7, 11) is 0. The quantitative estimate of drug-likeness (QED) is 0.753. The molecule has 2 aliphatic heterocycles. The number of fused-ring (bicyclic) bond motifs is 1. The Balaban J connectivity index is 1.12. The molecule has 5 rings (SSSR count). The lowest BCUT2D eigenvalue weighted by atomic mass is 9.89. The summed E-state index contributed by atoms with van der Waals surface area (Å²) >= 11 is 0. The highest BCUT2D eigenvalue weighted by molar-refractivity contribution is 5.92. The van der Waals surface area contributed by atoms with Gasteiger partial charge in [-0.15, -0.1) is 5.10 Å². The van der Waals surface area contributed by atoms with Crippen molar-refractivity contribution in [3.8, 4) is 11.5 Å². The average molecular weight is 412 g/mol. The molecule has 3 heterocycles. The predicted octanol–water partition coefficient (Wildman–Crippen LogP) is 2.55. The lowest BCUT2D eigenvalue weighted by Crippen LogP contribution is -2.48. The number of ether oxygens (including phenoxy) is 2. The van der Waals surface area contributed by atoms with Crippen LogP contribution in [0, 0.1) is 5.92 Å². The Labute approximate surface area is 176 Å². The highest BCUT2D eigenvalue weighted by atomic mass is 16.7. The molecule has 1 aromatic heterocycles. The molecule has 0 spiro atoms. The third kappa shape index (κ3) is 4.28. The number of rotatable bonds is 5. The molecule has 0 radical (unpaired) electrons. The number of benzene rings is 1. The zero-order valence-corrected chi connectivity index (χ0v) is 17.3. The second kappa shape index (κ2) is 8.63. The first-order chi connectivity index (χ1) is 14.7. The molecular weight excluding hydrogens is 382 g/mol. The molecule has 8 heteroatoms. The molecule has 30 heavy (non-hydrogen) atoms. The molecule has 0 unspecified atom stereocenters. The molecule has 8 nitrogen and oxygen atoms in total. The summed E-state index contributed by atoms with van der Waals surface area (Å²) in [6.07, 6.45) is 8.31. The molecule has 1 aromatic carbocycles. The zero-order valence-electron chi connectivity index (χ0n) is 17.3. The van der Waals surface area contributed by atoms with Crippen molar-refractivity contribution in [2.75, 3.05) is 33.0 Å². The lowest BCUT2D eigenvalue weighted by molar-refractivity contribution is 0.0622. The maximum atomic E-state index is 12.9. The number of nitrogens with zero attached hydrogens (tertiary/aromatic N) is 5. The van der Waals surface area contributed by atoms with Gasteiger partial charge in [0.05, 0.1) is 6.20 Å². The molecule has 2 aromatic rings. The molecule has 1 saturated carbocycles. The lowest BCUT2D eigenvalue weighted by Gasteiger charge is -2.34. The highest BCUT2D eigenvalue weighted by Crippen LogP contribution is 2.33. The first kappa shape index (κ1) is 19.4. The van der Waals surface area contributed by atoms with Crippen LogP contribution >= 0.6 is 0 Å². The van der Waals surface area contributed by atoms with Crippen LogP contribution in [0.3, 0.4) is 0 Å². The van der Waals surface area contributed by atoms with Gasteiger partial charge in [0.25, 0.3) is 5.91 Å². The first-order valence-corrected chi connectivity index (χ1v) is 11.0. The normalized spacial score (nSPS) is 19.9. The van der Waals surface area contributed by atoms with Crippen molar-refractivity contribution in [2.45, 2.75) is 45.2 Å². The van der Waals surface area contributed by atoms with Gasteiger partial charge in [0.15, 0.2) is 17.2 Å². The van der Waals surface area contributed by atoms with Crippen LogP contribution in [-0.2, 0) is 13.1 Å². The molecule has 3 aliphatic rings. The summed E-state index contributed by atoms with van der Waals surface area (Å²) in [5.74, 6) is 2.29. The topological polar surface area (TPSA) is 72.7 Å². The fraction of sp³-hybridized carbons (Fsp3) is 0.591. The van der Waals surface area contributed by atoms with E-state index in [1.165, 1.54) is 37.7 Å². The predicted molar refractivity (Wildman–Crippen MR) is 110 cm³/mol. The van der Waals surface area contributed by atoms with E-state index in [4.69, 9.17) is 9.47 Å². The van der Waals surface area contributed by atoms with E-state index in [-0.39, 0.29) is 5.91 Å². The van der Waals surface area contributed by atoms with Gasteiger partial charge in [-0.2, -0.15) is 0 Å². The monoisotopic (exact) mass is 411 g/mol. The minimum atomic E-state index is -0.00683. The van der Waals surface area contributed by atoms with E-state index in [2.05, 4.69) is 21.3 Å². The standard InChI is InChI=1S/C22H29N5O3/c28-22(19-15-27(24-23-19)14-17-4-2-1-3-5-17)26-10-8-25(9-11-26)13-18-6-7-20-21(12-18)30-16-29-20/h6-7,12,15,17H,1-5,8-11,13-14,16H2. The van der Waals surface area contributed by atoms with Gasteiger partial charge in [-0.1, -0.05) is 30.5 Å². The third-order valence-electron chi connectivity index (χ3n) is 6.43. The van der Waals surface area contributed by atoms with Crippen LogP contribution < -0.4 is 9.47 Å². The van der Waals surface area contributed by atoms with Crippen molar-refractivity contribution in [1.82, 2.24) is 24.8 Å². The van der Waals surface area contributed by atoms with Crippen LogP contribution in [-0.4, -0.2) is 63.7 Å². The zero-order chi connectivity index (χ0) is 20.3. The van der Waals surface area contributed by atoms with Gasteiger partial charge in [0.1, 0.15) is 0 Å². The summed E-state index contributed by atoms with van der Waals surface area (Å²) in [5, 5.41) is 8.37. The van der Waals surface area contributed by atoms with E-state index < -0.39 is 0 Å². The minimum Gasteiger partial charge on any atom is -0.454 e. The summed E-state index contributed by atoms with van der Waals surface area (Å²) in [4.78, 5) is 17.1. The van der Waals surface area contributed by atoms with Crippen molar-refractivity contribution >= 4 is 5.91 Å². The minimum absolute atomic E-state index is 0.00683. The number of hydrogen-bond donors (Lipinski definition) is 0. The van der Waals surface area contributed by atoms with Crippen LogP contribution in [0.5, 0.6) is 11.5 Å². The number of aromatic nitrogens is 3. The van der Waals surface area contributed by atoms with Crippen LogP contribution in [0.1, 0.15) is 48.2 Å². The number of amides is 1. The fourth-order valence-corrected chi connectivity index (χ4v) is 4.69. The SMILES string of the molecule is O=C(c1cn(CC2CCCCC2)nn1)N1CCN(Cc2ccc3c(c2)OCO3)CC1. The molecule has 0 bridgehead atoms. The maximum absolute atomic E-state index is 12.9. The van der Waals surface area contributed by atoms with Gasteiger partial charge in [-0.25, -0.2) is 0 Å². The molecule has 1 saturated heterocycles. The van der Waals surface area contributed by atoms with Crippen LogP contribution in [0.4, 0.5) is 0 Å². The summed E-state index contributed by atoms with van der Waals surface area (Å²) in [6, 6.07) is 6.09. The van der Waals surface area contributed by atoms with Gasteiger partial charge >= 0.3 is 0 Å². The smallest absolute Gasteiger partial charge is 0.276 e. The molecule has 160 valence electrons. The largest absolute Gasteiger partial charge is 0.454 e. The number of hydrogen-bond acceptors (Lipinski definition) is 6. The highest BCUT2D eigenvalue weighted by Gasteiger charge is 2.25. The van der Waals surface area contributed by atoms with E-state index in [1.54, 1.807) is 0 Å². The van der Waals surface area contributed by atoms with E-state index in [0.717, 1.165) is 37.7 Å². The molecular formula is C22H29N5O3. The third-order valence-corrected chi connectivity index (χ3v) is 6.43. The Kier molecular flexibility index (Phi) is 5.57. The van der Waals surface area contributed by atoms with Gasteiger partial charge < -0.3 is 14.4 Å². The average Bonchev–Trinajstić information content (AvgIpc) is 3.44. The molecule has 0 N–H and O–H groups in total. The Morgan fingerprint density at radius 1 is 1.03 bits per heavy atom. The summed E-state index contributed by atoms with van der Waals surface area (Å²) in [5.41, 5.74) is 1.67. The van der Waals surface area contributed by atoms with Crippen molar-refractivity contribution < 1.29 is 14.3 Å².